The van der Waals surface area contributed by atoms with Crippen molar-refractivity contribution >= 4 is 34.3 Å². The predicted molar refractivity (Wildman–Crippen MR) is 114 cm³/mol. The Bertz CT molecular complexity index is 958. The Labute approximate surface area is 175 Å². The van der Waals surface area contributed by atoms with Crippen LogP contribution in [-0.2, 0) is 14.3 Å². The molecule has 4 heterocycles. The Morgan fingerprint density at radius 1 is 1.17 bits per heavy atom. The number of hydrogen-bond donors (Lipinski definition) is 1. The minimum absolute atomic E-state index is 0.0368. The predicted octanol–water partition coefficient (Wildman–Crippen LogP) is 1.96. The summed E-state index contributed by atoms with van der Waals surface area (Å²) in [5.74, 6) is 0.649. The van der Waals surface area contributed by atoms with Crippen molar-refractivity contribution in [3.8, 4) is 0 Å². The van der Waals surface area contributed by atoms with E-state index >= 15 is 0 Å². The van der Waals surface area contributed by atoms with Gasteiger partial charge < -0.3 is 24.4 Å². The third-order valence-electron chi connectivity index (χ3n) is 5.45. The lowest BCUT2D eigenvalue weighted by Crippen LogP contribution is -2.45. The number of carboxylic acid groups (broad SMARTS) is 1. The number of morpholine rings is 2. The summed E-state index contributed by atoms with van der Waals surface area (Å²) in [7, 11) is 0. The number of allylic oxidation sites excluding steroid dienone is 1. The van der Waals surface area contributed by atoms with Crippen LogP contribution in [0.5, 0.6) is 0 Å². The number of rotatable bonds is 5. The fourth-order valence-corrected chi connectivity index (χ4v) is 3.72. The SMILES string of the molecule is C/C(=C\CC(=O)O)c1ccc2c(N3CCOCC3)nc(N3CCOCC3C)nc2n1. The summed E-state index contributed by atoms with van der Waals surface area (Å²) < 4.78 is 11.1. The molecule has 2 aliphatic heterocycles. The second kappa shape index (κ2) is 8.93. The maximum Gasteiger partial charge on any atom is 0.307 e. The largest absolute Gasteiger partial charge is 0.481 e. The number of nitrogens with zero attached hydrogens (tertiary/aromatic N) is 5. The molecule has 30 heavy (non-hydrogen) atoms. The maximum absolute atomic E-state index is 10.9. The molecule has 2 aliphatic rings. The van der Waals surface area contributed by atoms with Gasteiger partial charge in [-0.15, -0.1) is 0 Å². The van der Waals surface area contributed by atoms with Gasteiger partial charge in [-0.05, 0) is 31.6 Å². The Morgan fingerprint density at radius 2 is 1.93 bits per heavy atom. The van der Waals surface area contributed by atoms with E-state index in [2.05, 4.69) is 16.7 Å². The first-order valence-electron chi connectivity index (χ1n) is 10.3. The van der Waals surface area contributed by atoms with Crippen molar-refractivity contribution in [1.82, 2.24) is 15.0 Å². The minimum Gasteiger partial charge on any atom is -0.481 e. The van der Waals surface area contributed by atoms with Gasteiger partial charge in [-0.1, -0.05) is 6.08 Å². The molecule has 0 spiro atoms. The Hall–Kier alpha value is -2.78. The molecule has 2 fully saturated rings. The average molecular weight is 413 g/mol. The van der Waals surface area contributed by atoms with E-state index in [1.54, 1.807) is 6.08 Å². The number of carbonyl (C=O) groups is 1. The van der Waals surface area contributed by atoms with Crippen LogP contribution in [0.1, 0.15) is 26.0 Å². The highest BCUT2D eigenvalue weighted by Crippen LogP contribution is 2.29. The normalized spacial score (nSPS) is 20.6. The summed E-state index contributed by atoms with van der Waals surface area (Å²) in [5, 5.41) is 9.84. The van der Waals surface area contributed by atoms with E-state index in [-0.39, 0.29) is 12.5 Å². The molecule has 9 heteroatoms. The molecule has 2 aromatic heterocycles. The first-order chi connectivity index (χ1) is 14.5. The third-order valence-corrected chi connectivity index (χ3v) is 5.45. The molecule has 1 atom stereocenters. The Kier molecular flexibility index (Phi) is 6.10. The Balaban J connectivity index is 1.79. The van der Waals surface area contributed by atoms with Crippen molar-refractivity contribution in [2.24, 2.45) is 0 Å². The van der Waals surface area contributed by atoms with E-state index in [0.29, 0.717) is 38.0 Å². The van der Waals surface area contributed by atoms with Crippen molar-refractivity contribution in [1.29, 1.82) is 0 Å². The second-order valence-corrected chi connectivity index (χ2v) is 7.62. The summed E-state index contributed by atoms with van der Waals surface area (Å²) in [6, 6.07) is 4.06. The molecule has 1 unspecified atom stereocenters. The fourth-order valence-electron chi connectivity index (χ4n) is 3.72. The van der Waals surface area contributed by atoms with Gasteiger partial charge in [0.25, 0.3) is 0 Å². The van der Waals surface area contributed by atoms with Crippen LogP contribution in [0, 0.1) is 0 Å². The lowest BCUT2D eigenvalue weighted by Gasteiger charge is -2.34. The molecule has 9 nitrogen and oxygen atoms in total. The topological polar surface area (TPSA) is 101 Å². The first kappa shape index (κ1) is 20.5. The van der Waals surface area contributed by atoms with E-state index in [9.17, 15) is 4.79 Å². The van der Waals surface area contributed by atoms with Crippen LogP contribution in [-0.4, -0.2) is 78.1 Å². The number of fused-ring (bicyclic) bond motifs is 1. The summed E-state index contributed by atoms with van der Waals surface area (Å²) in [6.07, 6.45) is 1.64. The quantitative estimate of drug-likeness (QED) is 0.788. The van der Waals surface area contributed by atoms with E-state index in [1.165, 1.54) is 0 Å². The van der Waals surface area contributed by atoms with Crippen LogP contribution in [0.25, 0.3) is 16.6 Å². The van der Waals surface area contributed by atoms with Gasteiger partial charge in [-0.2, -0.15) is 9.97 Å². The molecule has 160 valence electrons. The lowest BCUT2D eigenvalue weighted by atomic mass is 10.1. The number of anilines is 2. The molecule has 0 amide bonds. The number of aromatic nitrogens is 3. The highest BCUT2D eigenvalue weighted by atomic mass is 16.5. The smallest absolute Gasteiger partial charge is 0.307 e. The highest BCUT2D eigenvalue weighted by molar-refractivity contribution is 5.89. The zero-order valence-electron chi connectivity index (χ0n) is 17.4. The number of pyridine rings is 1. The molecule has 1 N–H and O–H groups in total. The summed E-state index contributed by atoms with van der Waals surface area (Å²) in [5.41, 5.74) is 2.14. The second-order valence-electron chi connectivity index (χ2n) is 7.62. The molecule has 2 aromatic rings. The van der Waals surface area contributed by atoms with Crippen LogP contribution in [0.4, 0.5) is 11.8 Å². The zero-order valence-corrected chi connectivity index (χ0v) is 17.4. The van der Waals surface area contributed by atoms with Gasteiger partial charge in [-0.25, -0.2) is 4.98 Å². The van der Waals surface area contributed by atoms with Crippen molar-refractivity contribution in [2.75, 3.05) is 55.9 Å². The Morgan fingerprint density at radius 3 is 2.67 bits per heavy atom. The van der Waals surface area contributed by atoms with Gasteiger partial charge in [0.2, 0.25) is 5.95 Å². The van der Waals surface area contributed by atoms with Gasteiger partial charge in [0, 0.05) is 19.6 Å². The van der Waals surface area contributed by atoms with Crippen molar-refractivity contribution in [2.45, 2.75) is 26.3 Å². The average Bonchev–Trinajstić information content (AvgIpc) is 2.77. The van der Waals surface area contributed by atoms with Crippen molar-refractivity contribution in [3.05, 3.63) is 23.9 Å². The van der Waals surface area contributed by atoms with Gasteiger partial charge in [0.05, 0.1) is 50.0 Å². The summed E-state index contributed by atoms with van der Waals surface area (Å²) in [4.78, 5) is 29.8. The van der Waals surface area contributed by atoms with Crippen LogP contribution >= 0.6 is 0 Å². The fraction of sp³-hybridized carbons (Fsp3) is 0.524. The molecular weight excluding hydrogens is 386 g/mol. The molecule has 0 bridgehead atoms. The molecule has 0 radical (unpaired) electrons. The highest BCUT2D eigenvalue weighted by Gasteiger charge is 2.25. The maximum atomic E-state index is 10.9. The van der Waals surface area contributed by atoms with E-state index < -0.39 is 5.97 Å². The number of hydrogen-bond acceptors (Lipinski definition) is 8. The van der Waals surface area contributed by atoms with Crippen LogP contribution in [0.15, 0.2) is 18.2 Å². The minimum atomic E-state index is -0.865. The van der Waals surface area contributed by atoms with Gasteiger partial charge in [-0.3, -0.25) is 4.79 Å². The van der Waals surface area contributed by atoms with Gasteiger partial charge >= 0.3 is 5.97 Å². The van der Waals surface area contributed by atoms with Crippen molar-refractivity contribution in [3.63, 3.8) is 0 Å². The van der Waals surface area contributed by atoms with E-state index in [0.717, 1.165) is 42.1 Å². The lowest BCUT2D eigenvalue weighted by molar-refractivity contribution is -0.135. The van der Waals surface area contributed by atoms with E-state index in [1.807, 2.05) is 19.1 Å². The summed E-state index contributed by atoms with van der Waals surface area (Å²) >= 11 is 0. The van der Waals surface area contributed by atoms with Crippen LogP contribution in [0.3, 0.4) is 0 Å². The third kappa shape index (κ3) is 4.36. The van der Waals surface area contributed by atoms with Crippen molar-refractivity contribution < 1.29 is 19.4 Å². The molecule has 0 aromatic carbocycles. The van der Waals surface area contributed by atoms with Crippen LogP contribution in [0.2, 0.25) is 0 Å². The summed E-state index contributed by atoms with van der Waals surface area (Å²) in [6.45, 7) is 8.84. The van der Waals surface area contributed by atoms with E-state index in [4.69, 9.17) is 29.5 Å². The standard InChI is InChI=1S/C21H27N5O4/c1-14(3-6-18(27)28)17-5-4-16-19(22-17)23-21(26-9-12-30-13-15(26)2)24-20(16)25-7-10-29-11-8-25/h3-5,15H,6-13H2,1-2H3,(H,27,28)/b14-3+. The molecule has 2 saturated heterocycles. The molecule has 0 aliphatic carbocycles. The number of ether oxygens (including phenoxy) is 2. The number of aliphatic carboxylic acids is 1. The zero-order chi connectivity index (χ0) is 21.1. The molecular formula is C21H27N5O4. The molecule has 0 saturated carbocycles. The van der Waals surface area contributed by atoms with Gasteiger partial charge in [0.15, 0.2) is 5.65 Å². The van der Waals surface area contributed by atoms with Crippen LogP contribution < -0.4 is 9.80 Å². The first-order valence-corrected chi connectivity index (χ1v) is 10.3. The van der Waals surface area contributed by atoms with Gasteiger partial charge in [0.1, 0.15) is 5.82 Å². The number of carboxylic acids is 1. The molecule has 4 rings (SSSR count). The monoisotopic (exact) mass is 413 g/mol.